The number of aromatic nitrogens is 1. The van der Waals surface area contributed by atoms with Crippen LogP contribution >= 0.6 is 11.8 Å². The summed E-state index contributed by atoms with van der Waals surface area (Å²) in [4.78, 5) is 13.6. The summed E-state index contributed by atoms with van der Waals surface area (Å²) in [6.45, 7) is 6.21. The molecule has 0 spiro atoms. The second kappa shape index (κ2) is 6.73. The second-order valence-electron chi connectivity index (χ2n) is 6.02. The zero-order valence-electron chi connectivity index (χ0n) is 14.2. The van der Waals surface area contributed by atoms with Crippen LogP contribution in [0.15, 0.2) is 52.3 Å². The molecule has 0 fully saturated rings. The van der Waals surface area contributed by atoms with Crippen molar-refractivity contribution < 1.29 is 9.90 Å². The molecule has 4 heteroatoms. The molecule has 0 atom stereocenters. The van der Waals surface area contributed by atoms with E-state index in [2.05, 4.69) is 44.2 Å². The fourth-order valence-electron chi connectivity index (χ4n) is 2.98. The van der Waals surface area contributed by atoms with Crippen LogP contribution in [0.25, 0.3) is 10.9 Å². The molecule has 2 aromatic carbocycles. The lowest BCUT2D eigenvalue weighted by molar-refractivity contribution is -0.137. The van der Waals surface area contributed by atoms with Gasteiger partial charge in [-0.3, -0.25) is 4.79 Å². The predicted molar refractivity (Wildman–Crippen MR) is 99.0 cm³/mol. The van der Waals surface area contributed by atoms with Crippen LogP contribution < -0.4 is 0 Å². The van der Waals surface area contributed by atoms with Crippen molar-refractivity contribution >= 4 is 28.6 Å². The average molecular weight is 339 g/mol. The molecule has 0 radical (unpaired) electrons. The van der Waals surface area contributed by atoms with E-state index in [-0.39, 0.29) is 6.54 Å². The number of aliphatic carboxylic acids is 1. The Morgan fingerprint density at radius 3 is 2.67 bits per heavy atom. The van der Waals surface area contributed by atoms with E-state index in [1.165, 1.54) is 16.0 Å². The van der Waals surface area contributed by atoms with E-state index < -0.39 is 5.97 Å². The van der Waals surface area contributed by atoms with Gasteiger partial charge in [-0.05, 0) is 50.1 Å². The number of aryl methyl sites for hydroxylation is 2. The molecule has 0 unspecified atom stereocenters. The normalized spacial score (nSPS) is 11.1. The molecule has 3 aromatic rings. The van der Waals surface area contributed by atoms with Crippen molar-refractivity contribution in [3.8, 4) is 0 Å². The first kappa shape index (κ1) is 16.7. The lowest BCUT2D eigenvalue weighted by atomic mass is 10.2. The number of carbonyl (C=O) groups is 1. The van der Waals surface area contributed by atoms with Gasteiger partial charge in [0.1, 0.15) is 6.54 Å². The van der Waals surface area contributed by atoms with E-state index in [0.29, 0.717) is 0 Å². The van der Waals surface area contributed by atoms with E-state index in [1.54, 1.807) is 11.8 Å². The highest BCUT2D eigenvalue weighted by Gasteiger charge is 2.17. The van der Waals surface area contributed by atoms with Crippen LogP contribution in [0.2, 0.25) is 0 Å². The van der Waals surface area contributed by atoms with E-state index in [0.717, 1.165) is 27.9 Å². The standard InChI is InChI=1S/C20H21NO2S/c1-4-15-6-5-7-16(11-15)24-20-14(3)21(12-19(22)23)18-9-8-13(2)10-17(18)20/h5-11H,4,12H2,1-3H3,(H,22,23). The molecule has 0 bridgehead atoms. The fraction of sp³-hybridized carbons (Fsp3) is 0.250. The SMILES string of the molecule is CCc1cccc(Sc2c(C)n(CC(=O)O)c3ccc(C)cc23)c1. The van der Waals surface area contributed by atoms with Gasteiger partial charge in [0.2, 0.25) is 0 Å². The molecule has 3 nitrogen and oxygen atoms in total. The van der Waals surface area contributed by atoms with E-state index in [9.17, 15) is 9.90 Å². The quantitative estimate of drug-likeness (QED) is 0.707. The zero-order chi connectivity index (χ0) is 17.3. The molecular weight excluding hydrogens is 318 g/mol. The molecule has 24 heavy (non-hydrogen) atoms. The number of rotatable bonds is 5. The Morgan fingerprint density at radius 1 is 1.17 bits per heavy atom. The first-order valence-electron chi connectivity index (χ1n) is 8.07. The van der Waals surface area contributed by atoms with Gasteiger partial charge in [-0.1, -0.05) is 42.4 Å². The van der Waals surface area contributed by atoms with Crippen LogP contribution in [-0.2, 0) is 17.8 Å². The van der Waals surface area contributed by atoms with E-state index in [1.807, 2.05) is 23.6 Å². The van der Waals surface area contributed by atoms with Gasteiger partial charge in [-0.25, -0.2) is 0 Å². The number of carboxylic acid groups (broad SMARTS) is 1. The Balaban J connectivity index is 2.13. The smallest absolute Gasteiger partial charge is 0.323 e. The summed E-state index contributed by atoms with van der Waals surface area (Å²) in [5, 5.41) is 10.4. The molecule has 0 saturated carbocycles. The van der Waals surface area contributed by atoms with Gasteiger partial charge in [0.05, 0.1) is 0 Å². The van der Waals surface area contributed by atoms with Crippen LogP contribution in [0.5, 0.6) is 0 Å². The zero-order valence-corrected chi connectivity index (χ0v) is 15.0. The number of hydrogen-bond acceptors (Lipinski definition) is 2. The number of benzene rings is 2. The molecule has 1 N–H and O–H groups in total. The summed E-state index contributed by atoms with van der Waals surface area (Å²) in [6.07, 6.45) is 1.01. The van der Waals surface area contributed by atoms with Crippen molar-refractivity contribution in [3.05, 3.63) is 59.3 Å². The molecule has 1 heterocycles. The van der Waals surface area contributed by atoms with Crippen molar-refractivity contribution in [1.29, 1.82) is 0 Å². The second-order valence-corrected chi connectivity index (χ2v) is 7.10. The minimum Gasteiger partial charge on any atom is -0.480 e. The molecular formula is C20H21NO2S. The van der Waals surface area contributed by atoms with Crippen LogP contribution in [-0.4, -0.2) is 15.6 Å². The summed E-state index contributed by atoms with van der Waals surface area (Å²) < 4.78 is 1.89. The van der Waals surface area contributed by atoms with E-state index in [4.69, 9.17) is 0 Å². The van der Waals surface area contributed by atoms with Crippen molar-refractivity contribution in [2.45, 2.75) is 43.5 Å². The molecule has 0 aliphatic carbocycles. The van der Waals surface area contributed by atoms with Crippen LogP contribution in [0.3, 0.4) is 0 Å². The summed E-state index contributed by atoms with van der Waals surface area (Å²) in [5.41, 5.74) is 4.47. The van der Waals surface area contributed by atoms with E-state index >= 15 is 0 Å². The molecule has 0 amide bonds. The van der Waals surface area contributed by atoms with Gasteiger partial charge in [-0.15, -0.1) is 0 Å². The van der Waals surface area contributed by atoms with Crippen molar-refractivity contribution in [2.24, 2.45) is 0 Å². The van der Waals surface area contributed by atoms with Crippen molar-refractivity contribution in [3.63, 3.8) is 0 Å². The average Bonchev–Trinajstić information content (AvgIpc) is 2.80. The predicted octanol–water partition coefficient (Wildman–Crippen LogP) is 5.06. The Labute approximate surface area is 146 Å². The third-order valence-electron chi connectivity index (χ3n) is 4.24. The first-order valence-corrected chi connectivity index (χ1v) is 8.89. The monoisotopic (exact) mass is 339 g/mol. The Hall–Kier alpha value is -2.20. The third-order valence-corrected chi connectivity index (χ3v) is 5.45. The Kier molecular flexibility index (Phi) is 4.67. The van der Waals surface area contributed by atoms with Gasteiger partial charge < -0.3 is 9.67 Å². The van der Waals surface area contributed by atoms with Gasteiger partial charge in [-0.2, -0.15) is 0 Å². The number of hydrogen-bond donors (Lipinski definition) is 1. The van der Waals surface area contributed by atoms with Gasteiger partial charge in [0.15, 0.2) is 0 Å². The molecule has 0 saturated heterocycles. The minimum absolute atomic E-state index is 0.0129. The summed E-state index contributed by atoms with van der Waals surface area (Å²) in [5.74, 6) is -0.819. The van der Waals surface area contributed by atoms with Gasteiger partial charge in [0.25, 0.3) is 0 Å². The number of fused-ring (bicyclic) bond motifs is 1. The minimum atomic E-state index is -0.819. The highest BCUT2D eigenvalue weighted by atomic mass is 32.2. The highest BCUT2D eigenvalue weighted by Crippen LogP contribution is 2.38. The maximum Gasteiger partial charge on any atom is 0.323 e. The van der Waals surface area contributed by atoms with Crippen LogP contribution in [0.4, 0.5) is 0 Å². The van der Waals surface area contributed by atoms with Crippen molar-refractivity contribution in [2.75, 3.05) is 0 Å². The van der Waals surface area contributed by atoms with Crippen LogP contribution in [0.1, 0.15) is 23.7 Å². The maximum atomic E-state index is 11.3. The fourth-order valence-corrected chi connectivity index (χ4v) is 4.10. The number of carboxylic acids is 1. The molecule has 3 rings (SSSR count). The Morgan fingerprint density at radius 2 is 1.96 bits per heavy atom. The maximum absolute atomic E-state index is 11.3. The third kappa shape index (κ3) is 3.20. The largest absolute Gasteiger partial charge is 0.480 e. The van der Waals surface area contributed by atoms with Gasteiger partial charge >= 0.3 is 5.97 Å². The Bertz CT molecular complexity index is 911. The lowest BCUT2D eigenvalue weighted by Crippen LogP contribution is -2.09. The topological polar surface area (TPSA) is 42.2 Å². The molecule has 1 aromatic heterocycles. The molecule has 0 aliphatic heterocycles. The van der Waals surface area contributed by atoms with Gasteiger partial charge in [0, 0.05) is 26.4 Å². The highest BCUT2D eigenvalue weighted by molar-refractivity contribution is 7.99. The lowest BCUT2D eigenvalue weighted by Gasteiger charge is -2.06. The summed E-state index contributed by atoms with van der Waals surface area (Å²) >= 11 is 1.72. The number of nitrogens with zero attached hydrogens (tertiary/aromatic N) is 1. The summed E-state index contributed by atoms with van der Waals surface area (Å²) in [6, 6.07) is 14.7. The summed E-state index contributed by atoms with van der Waals surface area (Å²) in [7, 11) is 0. The first-order chi connectivity index (χ1) is 11.5. The van der Waals surface area contributed by atoms with Crippen LogP contribution in [0, 0.1) is 13.8 Å². The molecule has 124 valence electrons. The molecule has 0 aliphatic rings. The van der Waals surface area contributed by atoms with Crippen molar-refractivity contribution in [1.82, 2.24) is 4.57 Å².